The zero-order chi connectivity index (χ0) is 11.8. The molecule has 1 aromatic heterocycles. The molecule has 0 spiro atoms. The van der Waals surface area contributed by atoms with E-state index < -0.39 is 38.3 Å². The molecule has 15 heavy (non-hydrogen) atoms. The molecule has 6 nitrogen and oxygen atoms in total. The van der Waals surface area contributed by atoms with Crippen LogP contribution in [0.15, 0.2) is 15.8 Å². The number of hydrogen-bond donors (Lipinski definition) is 3. The predicted molar refractivity (Wildman–Crippen MR) is 45.1 cm³/mol. The third kappa shape index (κ3) is 2.30. The summed E-state index contributed by atoms with van der Waals surface area (Å²) in [7, 11) is -4.42. The lowest BCUT2D eigenvalue weighted by molar-refractivity contribution is 0.141. The number of aromatic amines is 1. The molecule has 1 rings (SSSR count). The SMILES string of the molecule is NS(=O)(=O)c1cc(=O)[nH]c(C(F)F)c1O. The van der Waals surface area contributed by atoms with E-state index in [9.17, 15) is 22.0 Å². The monoisotopic (exact) mass is 240 g/mol. The molecule has 0 unspecified atom stereocenters. The van der Waals surface area contributed by atoms with Crippen LogP contribution in [0.5, 0.6) is 5.75 Å². The number of rotatable bonds is 2. The van der Waals surface area contributed by atoms with Crippen LogP contribution in [0.4, 0.5) is 8.78 Å². The smallest absolute Gasteiger partial charge is 0.282 e. The first-order valence-electron chi connectivity index (χ1n) is 3.50. The summed E-state index contributed by atoms with van der Waals surface area (Å²) in [6.45, 7) is 0. The standard InChI is InChI=1S/C6H6F2N2O4S/c7-6(8)4-5(12)2(15(9,13)14)1-3(11)10-4/h1,6,12H,(H,10,11)(H2,9,13,14). The summed E-state index contributed by atoms with van der Waals surface area (Å²) in [5, 5.41) is 13.7. The van der Waals surface area contributed by atoms with Gasteiger partial charge in [-0.1, -0.05) is 0 Å². The summed E-state index contributed by atoms with van der Waals surface area (Å²) in [6, 6.07) is 0.427. The molecule has 0 bridgehead atoms. The Morgan fingerprint density at radius 2 is 2.00 bits per heavy atom. The van der Waals surface area contributed by atoms with Crippen LogP contribution in [0.25, 0.3) is 0 Å². The molecule has 0 fully saturated rings. The van der Waals surface area contributed by atoms with Gasteiger partial charge in [-0.3, -0.25) is 4.79 Å². The predicted octanol–water partition coefficient (Wildman–Crippen LogP) is -0.334. The van der Waals surface area contributed by atoms with E-state index in [4.69, 9.17) is 5.11 Å². The van der Waals surface area contributed by atoms with Crippen LogP contribution in [-0.4, -0.2) is 18.5 Å². The number of nitrogens with one attached hydrogen (secondary N) is 1. The highest BCUT2D eigenvalue weighted by Gasteiger charge is 2.23. The zero-order valence-corrected chi connectivity index (χ0v) is 7.88. The number of H-pyrrole nitrogens is 1. The second kappa shape index (κ2) is 3.59. The van der Waals surface area contributed by atoms with Crippen LogP contribution in [0.1, 0.15) is 12.1 Å². The Kier molecular flexibility index (Phi) is 2.77. The van der Waals surface area contributed by atoms with Crippen molar-refractivity contribution in [1.82, 2.24) is 4.98 Å². The van der Waals surface area contributed by atoms with Gasteiger partial charge in [-0.15, -0.1) is 0 Å². The van der Waals surface area contributed by atoms with Crippen LogP contribution in [0.2, 0.25) is 0 Å². The van der Waals surface area contributed by atoms with Crippen molar-refractivity contribution in [2.45, 2.75) is 11.3 Å². The molecular weight excluding hydrogens is 234 g/mol. The van der Waals surface area contributed by atoms with E-state index in [1.54, 1.807) is 4.98 Å². The van der Waals surface area contributed by atoms with Gasteiger partial charge in [0.05, 0.1) is 0 Å². The topological polar surface area (TPSA) is 113 Å². The minimum atomic E-state index is -4.42. The van der Waals surface area contributed by atoms with E-state index in [1.165, 1.54) is 0 Å². The maximum atomic E-state index is 12.2. The van der Waals surface area contributed by atoms with E-state index in [1.807, 2.05) is 0 Å². The molecular formula is C6H6F2N2O4S. The van der Waals surface area contributed by atoms with Gasteiger partial charge >= 0.3 is 0 Å². The van der Waals surface area contributed by atoms with Gasteiger partial charge in [-0.2, -0.15) is 0 Å². The first-order chi connectivity index (χ1) is 6.73. The molecule has 4 N–H and O–H groups in total. The Bertz CT molecular complexity index is 537. The summed E-state index contributed by atoms with van der Waals surface area (Å²) in [6.07, 6.45) is -3.21. The van der Waals surface area contributed by atoms with Gasteiger partial charge in [0, 0.05) is 6.07 Å². The third-order valence-corrected chi connectivity index (χ3v) is 2.46. The van der Waals surface area contributed by atoms with E-state index in [0.717, 1.165) is 0 Å². The van der Waals surface area contributed by atoms with Crippen molar-refractivity contribution < 1.29 is 22.3 Å². The lowest BCUT2D eigenvalue weighted by Crippen LogP contribution is -2.18. The van der Waals surface area contributed by atoms with Crippen molar-refractivity contribution in [3.05, 3.63) is 22.1 Å². The molecule has 1 aromatic rings. The quantitative estimate of drug-likeness (QED) is 0.656. The van der Waals surface area contributed by atoms with E-state index in [-0.39, 0.29) is 0 Å². The van der Waals surface area contributed by atoms with Crippen molar-refractivity contribution in [2.75, 3.05) is 0 Å². The average Bonchev–Trinajstić information content (AvgIpc) is 2.06. The van der Waals surface area contributed by atoms with Gasteiger partial charge in [0.25, 0.3) is 6.43 Å². The summed E-state index contributed by atoms with van der Waals surface area (Å²) in [5.74, 6) is -1.24. The first kappa shape index (κ1) is 11.6. The van der Waals surface area contributed by atoms with Crippen molar-refractivity contribution >= 4 is 10.0 Å². The maximum Gasteiger partial charge on any atom is 0.282 e. The van der Waals surface area contributed by atoms with Gasteiger partial charge in [0.15, 0.2) is 5.75 Å². The van der Waals surface area contributed by atoms with Crippen LogP contribution >= 0.6 is 0 Å². The van der Waals surface area contributed by atoms with E-state index >= 15 is 0 Å². The van der Waals surface area contributed by atoms with Gasteiger partial charge in [-0.25, -0.2) is 22.3 Å². The number of nitrogens with two attached hydrogens (primary N) is 1. The molecule has 0 atom stereocenters. The number of alkyl halides is 2. The van der Waals surface area contributed by atoms with Crippen LogP contribution in [0.3, 0.4) is 0 Å². The minimum Gasteiger partial charge on any atom is -0.505 e. The maximum absolute atomic E-state index is 12.2. The lowest BCUT2D eigenvalue weighted by atomic mass is 10.3. The molecule has 0 aromatic carbocycles. The number of halogens is 2. The summed E-state index contributed by atoms with van der Waals surface area (Å²) in [4.78, 5) is 11.4. The van der Waals surface area contributed by atoms with Crippen molar-refractivity contribution in [2.24, 2.45) is 5.14 Å². The van der Waals surface area contributed by atoms with Crippen LogP contribution in [0, 0.1) is 0 Å². The second-order valence-electron chi connectivity index (χ2n) is 2.61. The highest BCUT2D eigenvalue weighted by atomic mass is 32.2. The van der Waals surface area contributed by atoms with E-state index in [0.29, 0.717) is 6.07 Å². The minimum absolute atomic E-state index is 0.427. The van der Waals surface area contributed by atoms with Crippen molar-refractivity contribution in [3.63, 3.8) is 0 Å². The Morgan fingerprint density at radius 1 is 1.47 bits per heavy atom. The van der Waals surface area contributed by atoms with Crippen molar-refractivity contribution in [1.29, 1.82) is 0 Å². The van der Waals surface area contributed by atoms with Crippen LogP contribution < -0.4 is 10.7 Å². The molecule has 0 radical (unpaired) electrons. The highest BCUT2D eigenvalue weighted by Crippen LogP contribution is 2.29. The number of pyridine rings is 1. The van der Waals surface area contributed by atoms with Gasteiger partial charge in [0.2, 0.25) is 15.6 Å². The molecule has 0 saturated heterocycles. The zero-order valence-electron chi connectivity index (χ0n) is 7.07. The number of sulfonamides is 1. The lowest BCUT2D eigenvalue weighted by Gasteiger charge is -2.06. The summed E-state index contributed by atoms with van der Waals surface area (Å²) in [5.41, 5.74) is -2.27. The Hall–Kier alpha value is -1.48. The number of aromatic hydroxyl groups is 1. The van der Waals surface area contributed by atoms with E-state index in [2.05, 4.69) is 5.14 Å². The first-order valence-corrected chi connectivity index (χ1v) is 5.05. The Morgan fingerprint density at radius 3 is 2.40 bits per heavy atom. The fourth-order valence-corrected chi connectivity index (χ4v) is 1.57. The third-order valence-electron chi connectivity index (χ3n) is 1.53. The number of primary sulfonamides is 1. The largest absolute Gasteiger partial charge is 0.505 e. The van der Waals surface area contributed by atoms with Gasteiger partial charge in [0.1, 0.15) is 10.6 Å². The molecule has 0 aliphatic carbocycles. The highest BCUT2D eigenvalue weighted by molar-refractivity contribution is 7.89. The van der Waals surface area contributed by atoms with Gasteiger partial charge < -0.3 is 10.1 Å². The molecule has 0 amide bonds. The second-order valence-corrected chi connectivity index (χ2v) is 4.14. The van der Waals surface area contributed by atoms with Crippen molar-refractivity contribution in [3.8, 4) is 5.75 Å². The van der Waals surface area contributed by atoms with Crippen LogP contribution in [-0.2, 0) is 10.0 Å². The molecule has 0 aliphatic heterocycles. The molecule has 84 valence electrons. The van der Waals surface area contributed by atoms with Gasteiger partial charge in [-0.05, 0) is 0 Å². The fourth-order valence-electron chi connectivity index (χ4n) is 0.923. The molecule has 0 aliphatic rings. The Balaban J connectivity index is 3.64. The average molecular weight is 240 g/mol. The fraction of sp³-hybridized carbons (Fsp3) is 0.167. The molecule has 9 heteroatoms. The number of hydrogen-bond acceptors (Lipinski definition) is 4. The molecule has 1 heterocycles. The molecule has 0 saturated carbocycles. The normalized spacial score (nSPS) is 12.0. The number of aromatic nitrogens is 1. The summed E-state index contributed by atoms with van der Waals surface area (Å²) >= 11 is 0. The summed E-state index contributed by atoms with van der Waals surface area (Å²) < 4.78 is 46.0. The Labute approximate surface area is 82.4 Å².